The van der Waals surface area contributed by atoms with Crippen LogP contribution in [0.15, 0.2) is 29.2 Å². The van der Waals surface area contributed by atoms with Crippen LogP contribution in [0.25, 0.3) is 0 Å². The average Bonchev–Trinajstić information content (AvgIpc) is 2.34. The molecule has 0 saturated heterocycles. The van der Waals surface area contributed by atoms with E-state index >= 15 is 0 Å². The van der Waals surface area contributed by atoms with Crippen LogP contribution in [0.1, 0.15) is 32.4 Å². The lowest BCUT2D eigenvalue weighted by atomic mass is 10.1. The van der Waals surface area contributed by atoms with Crippen molar-refractivity contribution in [2.24, 2.45) is 11.7 Å². The molecule has 0 spiro atoms. The fourth-order valence-corrected chi connectivity index (χ4v) is 2.11. The molecule has 0 bridgehead atoms. The van der Waals surface area contributed by atoms with Gasteiger partial charge >= 0.3 is 0 Å². The van der Waals surface area contributed by atoms with Crippen LogP contribution in [-0.2, 0) is 4.79 Å². The van der Waals surface area contributed by atoms with Crippen molar-refractivity contribution in [1.29, 1.82) is 0 Å². The topological polar surface area (TPSA) is 55.1 Å². The van der Waals surface area contributed by atoms with Gasteiger partial charge in [0, 0.05) is 17.5 Å². The monoisotopic (exact) mass is 266 g/mol. The third-order valence-electron chi connectivity index (χ3n) is 2.48. The molecule has 3 N–H and O–H groups in total. The van der Waals surface area contributed by atoms with Crippen molar-refractivity contribution >= 4 is 17.7 Å². The van der Waals surface area contributed by atoms with E-state index < -0.39 is 0 Å². The minimum Gasteiger partial charge on any atom is -0.355 e. The SMILES string of the molecule is CC(C)CNC(=O)CSc1ccc(C(C)N)cc1. The second-order valence-corrected chi connectivity index (χ2v) is 5.89. The Hall–Kier alpha value is -1.00. The lowest BCUT2D eigenvalue weighted by Crippen LogP contribution is -2.28. The van der Waals surface area contributed by atoms with Gasteiger partial charge in [-0.3, -0.25) is 4.79 Å². The number of benzene rings is 1. The third kappa shape index (κ3) is 5.56. The predicted octanol–water partition coefficient (Wildman–Crippen LogP) is 2.57. The van der Waals surface area contributed by atoms with Crippen LogP contribution >= 0.6 is 11.8 Å². The lowest BCUT2D eigenvalue weighted by molar-refractivity contribution is -0.118. The van der Waals surface area contributed by atoms with Crippen LogP contribution in [0.3, 0.4) is 0 Å². The fraction of sp³-hybridized carbons (Fsp3) is 0.500. The minimum atomic E-state index is 0.0541. The van der Waals surface area contributed by atoms with Gasteiger partial charge in [0.15, 0.2) is 0 Å². The van der Waals surface area contributed by atoms with Crippen molar-refractivity contribution in [2.75, 3.05) is 12.3 Å². The van der Waals surface area contributed by atoms with Crippen molar-refractivity contribution in [2.45, 2.75) is 31.7 Å². The van der Waals surface area contributed by atoms with E-state index in [2.05, 4.69) is 19.2 Å². The summed E-state index contributed by atoms with van der Waals surface area (Å²) in [4.78, 5) is 12.6. The van der Waals surface area contributed by atoms with Gasteiger partial charge < -0.3 is 11.1 Å². The van der Waals surface area contributed by atoms with Gasteiger partial charge in [0.25, 0.3) is 0 Å². The normalized spacial score (nSPS) is 12.5. The van der Waals surface area contributed by atoms with Crippen molar-refractivity contribution in [3.8, 4) is 0 Å². The van der Waals surface area contributed by atoms with Gasteiger partial charge in [-0.05, 0) is 30.5 Å². The molecular formula is C14H22N2OS. The summed E-state index contributed by atoms with van der Waals surface area (Å²) in [5, 5.41) is 2.90. The van der Waals surface area contributed by atoms with E-state index in [9.17, 15) is 4.79 Å². The maximum atomic E-state index is 11.5. The smallest absolute Gasteiger partial charge is 0.230 e. The maximum absolute atomic E-state index is 11.5. The largest absolute Gasteiger partial charge is 0.355 e. The van der Waals surface area contributed by atoms with Crippen LogP contribution < -0.4 is 11.1 Å². The maximum Gasteiger partial charge on any atom is 0.230 e. The van der Waals surface area contributed by atoms with Gasteiger partial charge in [-0.2, -0.15) is 0 Å². The number of thioether (sulfide) groups is 1. The Morgan fingerprint density at radius 3 is 2.39 bits per heavy atom. The molecule has 18 heavy (non-hydrogen) atoms. The zero-order valence-electron chi connectivity index (χ0n) is 11.3. The second kappa shape index (κ2) is 7.44. The number of nitrogens with two attached hydrogens (primary N) is 1. The van der Waals surface area contributed by atoms with Gasteiger partial charge in [-0.1, -0.05) is 26.0 Å². The Morgan fingerprint density at radius 2 is 1.89 bits per heavy atom. The summed E-state index contributed by atoms with van der Waals surface area (Å²) >= 11 is 1.55. The first-order valence-electron chi connectivity index (χ1n) is 6.24. The summed E-state index contributed by atoms with van der Waals surface area (Å²) in [6, 6.07) is 8.11. The highest BCUT2D eigenvalue weighted by molar-refractivity contribution is 8.00. The first-order valence-corrected chi connectivity index (χ1v) is 7.22. The summed E-state index contributed by atoms with van der Waals surface area (Å²) in [5.74, 6) is 1.04. The number of hydrogen-bond donors (Lipinski definition) is 2. The quantitative estimate of drug-likeness (QED) is 0.778. The van der Waals surface area contributed by atoms with Gasteiger partial charge in [0.05, 0.1) is 5.75 Å². The Kier molecular flexibility index (Phi) is 6.22. The molecule has 0 heterocycles. The lowest BCUT2D eigenvalue weighted by Gasteiger charge is -2.08. The summed E-state index contributed by atoms with van der Waals surface area (Å²) in [5.41, 5.74) is 6.90. The summed E-state index contributed by atoms with van der Waals surface area (Å²) in [7, 11) is 0. The number of amides is 1. The number of carbonyl (C=O) groups excluding carboxylic acids is 1. The Bertz CT molecular complexity index is 374. The fourth-order valence-electron chi connectivity index (χ4n) is 1.39. The minimum absolute atomic E-state index is 0.0541. The molecule has 0 saturated carbocycles. The molecule has 0 fully saturated rings. The van der Waals surface area contributed by atoms with E-state index in [1.165, 1.54) is 0 Å². The average molecular weight is 266 g/mol. The molecule has 0 radical (unpaired) electrons. The second-order valence-electron chi connectivity index (χ2n) is 4.84. The number of rotatable bonds is 6. The van der Waals surface area contributed by atoms with Gasteiger partial charge in [0.1, 0.15) is 0 Å². The zero-order chi connectivity index (χ0) is 13.5. The predicted molar refractivity (Wildman–Crippen MR) is 77.6 cm³/mol. The first-order chi connectivity index (χ1) is 8.49. The summed E-state index contributed by atoms with van der Waals surface area (Å²) in [6.45, 7) is 6.87. The van der Waals surface area contributed by atoms with Crippen molar-refractivity contribution < 1.29 is 4.79 Å². The van der Waals surface area contributed by atoms with Gasteiger partial charge in [0.2, 0.25) is 5.91 Å². The molecule has 4 heteroatoms. The Labute approximate surface area is 114 Å². The van der Waals surface area contributed by atoms with Crippen LogP contribution in [0.2, 0.25) is 0 Å². The van der Waals surface area contributed by atoms with Crippen LogP contribution in [0.5, 0.6) is 0 Å². The number of hydrogen-bond acceptors (Lipinski definition) is 3. The first kappa shape index (κ1) is 15.1. The highest BCUT2D eigenvalue weighted by Gasteiger charge is 2.04. The highest BCUT2D eigenvalue weighted by atomic mass is 32.2. The van der Waals surface area contributed by atoms with Crippen molar-refractivity contribution in [3.63, 3.8) is 0 Å². The molecule has 1 amide bonds. The number of carbonyl (C=O) groups is 1. The molecule has 1 aromatic carbocycles. The molecule has 1 atom stereocenters. The Balaban J connectivity index is 2.37. The molecule has 100 valence electrons. The Morgan fingerprint density at radius 1 is 1.28 bits per heavy atom. The molecular weight excluding hydrogens is 244 g/mol. The highest BCUT2D eigenvalue weighted by Crippen LogP contribution is 2.20. The van der Waals surface area contributed by atoms with E-state index in [1.807, 2.05) is 31.2 Å². The number of nitrogens with one attached hydrogen (secondary N) is 1. The molecule has 1 rings (SSSR count). The van der Waals surface area contributed by atoms with Gasteiger partial charge in [-0.15, -0.1) is 11.8 Å². The summed E-state index contributed by atoms with van der Waals surface area (Å²) in [6.07, 6.45) is 0. The molecule has 0 aliphatic heterocycles. The van der Waals surface area contributed by atoms with E-state index in [-0.39, 0.29) is 11.9 Å². The standard InChI is InChI=1S/C14H22N2OS/c1-10(2)8-16-14(17)9-18-13-6-4-12(5-7-13)11(3)15/h4-7,10-11H,8-9,15H2,1-3H3,(H,16,17). The van der Waals surface area contributed by atoms with Crippen molar-refractivity contribution in [1.82, 2.24) is 5.32 Å². The molecule has 0 aromatic heterocycles. The molecule has 1 aromatic rings. The van der Waals surface area contributed by atoms with E-state index in [4.69, 9.17) is 5.73 Å². The molecule has 1 unspecified atom stereocenters. The van der Waals surface area contributed by atoms with Crippen molar-refractivity contribution in [3.05, 3.63) is 29.8 Å². The van der Waals surface area contributed by atoms with E-state index in [0.717, 1.165) is 17.0 Å². The van der Waals surface area contributed by atoms with Gasteiger partial charge in [-0.25, -0.2) is 0 Å². The summed E-state index contributed by atoms with van der Waals surface area (Å²) < 4.78 is 0. The van der Waals surface area contributed by atoms with Crippen LogP contribution in [0.4, 0.5) is 0 Å². The van der Waals surface area contributed by atoms with E-state index in [0.29, 0.717) is 11.7 Å². The molecule has 3 nitrogen and oxygen atoms in total. The zero-order valence-corrected chi connectivity index (χ0v) is 12.1. The molecule has 0 aliphatic carbocycles. The van der Waals surface area contributed by atoms with Crippen LogP contribution in [0, 0.1) is 5.92 Å². The molecule has 0 aliphatic rings. The van der Waals surface area contributed by atoms with Crippen LogP contribution in [-0.4, -0.2) is 18.2 Å². The third-order valence-corrected chi connectivity index (χ3v) is 3.50. The van der Waals surface area contributed by atoms with E-state index in [1.54, 1.807) is 11.8 Å².